The number of hydrogen-bond donors (Lipinski definition) is 1. The Labute approximate surface area is 117 Å². The summed E-state index contributed by atoms with van der Waals surface area (Å²) in [5, 5.41) is 0. The van der Waals surface area contributed by atoms with Gasteiger partial charge in [0.25, 0.3) is 0 Å². The van der Waals surface area contributed by atoms with Crippen LogP contribution < -0.4 is 5.73 Å². The van der Waals surface area contributed by atoms with E-state index in [1.807, 2.05) is 0 Å². The maximum absolute atomic E-state index is 6.45. The highest BCUT2D eigenvalue weighted by molar-refractivity contribution is 5.05. The van der Waals surface area contributed by atoms with Gasteiger partial charge in [0.1, 0.15) is 0 Å². The molecule has 2 fully saturated rings. The second-order valence-electron chi connectivity index (χ2n) is 7.39. The Bertz CT molecular complexity index is 330. The first kappa shape index (κ1) is 15.2. The Morgan fingerprint density at radius 2 is 1.79 bits per heavy atom. The highest BCUT2D eigenvalue weighted by Gasteiger charge is 2.52. The minimum atomic E-state index is -0.241. The van der Waals surface area contributed by atoms with Crippen molar-refractivity contribution in [3.8, 4) is 0 Å². The zero-order valence-electron chi connectivity index (χ0n) is 13.3. The van der Waals surface area contributed by atoms with Crippen molar-refractivity contribution in [2.45, 2.75) is 70.9 Å². The molecule has 2 heterocycles. The molecule has 4 nitrogen and oxygen atoms in total. The summed E-state index contributed by atoms with van der Waals surface area (Å²) in [6, 6.07) is 0.538. The monoisotopic (exact) mass is 270 g/mol. The molecule has 0 saturated carbocycles. The van der Waals surface area contributed by atoms with Crippen molar-refractivity contribution in [1.82, 2.24) is 4.90 Å². The summed E-state index contributed by atoms with van der Waals surface area (Å²) in [6.07, 6.45) is 0.311. The predicted molar refractivity (Wildman–Crippen MR) is 77.2 cm³/mol. The number of rotatable bonds is 2. The fourth-order valence-corrected chi connectivity index (χ4v) is 3.55. The third-order valence-electron chi connectivity index (χ3n) is 4.82. The largest absolute Gasteiger partial charge is 0.376 e. The van der Waals surface area contributed by atoms with Gasteiger partial charge < -0.3 is 15.2 Å². The fourth-order valence-electron chi connectivity index (χ4n) is 3.55. The molecule has 0 amide bonds. The van der Waals surface area contributed by atoms with Crippen molar-refractivity contribution in [2.75, 3.05) is 19.7 Å². The van der Waals surface area contributed by atoms with Gasteiger partial charge in [0.15, 0.2) is 0 Å². The van der Waals surface area contributed by atoms with Gasteiger partial charge in [-0.1, -0.05) is 0 Å². The van der Waals surface area contributed by atoms with Gasteiger partial charge in [0.05, 0.1) is 23.9 Å². The molecule has 19 heavy (non-hydrogen) atoms. The molecular formula is C15H30N2O2. The quantitative estimate of drug-likeness (QED) is 0.828. The minimum Gasteiger partial charge on any atom is -0.376 e. The molecule has 4 heteroatoms. The Hall–Kier alpha value is -0.160. The van der Waals surface area contributed by atoms with Crippen LogP contribution in [0.1, 0.15) is 41.5 Å². The van der Waals surface area contributed by atoms with E-state index in [-0.39, 0.29) is 17.2 Å². The lowest BCUT2D eigenvalue weighted by atomic mass is 9.82. The molecule has 0 aromatic heterocycles. The Balaban J connectivity index is 2.09. The Morgan fingerprint density at radius 1 is 1.16 bits per heavy atom. The SMILES string of the molecule is CC1CN(CC2C(N)C(C)(C)OC2(C)C)C(C)CO1. The molecule has 2 aliphatic heterocycles. The second-order valence-corrected chi connectivity index (χ2v) is 7.39. The van der Waals surface area contributed by atoms with Gasteiger partial charge in [-0.05, 0) is 41.5 Å². The van der Waals surface area contributed by atoms with Crippen molar-refractivity contribution < 1.29 is 9.47 Å². The summed E-state index contributed by atoms with van der Waals surface area (Å²) in [7, 11) is 0. The maximum Gasteiger partial charge on any atom is 0.0788 e. The molecule has 2 aliphatic rings. The molecule has 0 aliphatic carbocycles. The van der Waals surface area contributed by atoms with Gasteiger partial charge in [-0.2, -0.15) is 0 Å². The lowest BCUT2D eigenvalue weighted by Gasteiger charge is -2.40. The van der Waals surface area contributed by atoms with E-state index in [0.717, 1.165) is 19.7 Å². The fraction of sp³-hybridized carbons (Fsp3) is 1.00. The van der Waals surface area contributed by atoms with E-state index in [0.29, 0.717) is 18.1 Å². The van der Waals surface area contributed by atoms with E-state index in [1.165, 1.54) is 0 Å². The molecule has 2 saturated heterocycles. The number of nitrogens with two attached hydrogens (primary N) is 1. The van der Waals surface area contributed by atoms with Crippen LogP contribution in [0.3, 0.4) is 0 Å². The molecule has 0 aromatic rings. The smallest absolute Gasteiger partial charge is 0.0788 e. The molecule has 4 unspecified atom stereocenters. The van der Waals surface area contributed by atoms with E-state index in [2.05, 4.69) is 46.4 Å². The first-order chi connectivity index (χ1) is 8.63. The summed E-state index contributed by atoms with van der Waals surface area (Å²) < 4.78 is 11.9. The summed E-state index contributed by atoms with van der Waals surface area (Å²) in [5.74, 6) is 0.357. The topological polar surface area (TPSA) is 47.7 Å². The zero-order chi connectivity index (χ0) is 14.4. The second kappa shape index (κ2) is 4.99. The first-order valence-electron chi connectivity index (χ1n) is 7.45. The van der Waals surface area contributed by atoms with Gasteiger partial charge in [-0.25, -0.2) is 0 Å². The average molecular weight is 270 g/mol. The van der Waals surface area contributed by atoms with Gasteiger partial charge in [-0.3, -0.25) is 4.90 Å². The van der Waals surface area contributed by atoms with Crippen molar-refractivity contribution in [3.05, 3.63) is 0 Å². The van der Waals surface area contributed by atoms with Gasteiger partial charge in [0, 0.05) is 31.1 Å². The summed E-state index contributed by atoms with van der Waals surface area (Å²) in [5.41, 5.74) is 6.04. The molecule has 0 radical (unpaired) electrons. The molecule has 4 atom stereocenters. The van der Waals surface area contributed by atoms with Crippen LogP contribution in [0.2, 0.25) is 0 Å². The third-order valence-corrected chi connectivity index (χ3v) is 4.82. The summed E-state index contributed by atoms with van der Waals surface area (Å²) in [4.78, 5) is 2.51. The molecular weight excluding hydrogens is 240 g/mol. The van der Waals surface area contributed by atoms with E-state index in [1.54, 1.807) is 0 Å². The number of morpholine rings is 1. The van der Waals surface area contributed by atoms with Crippen molar-refractivity contribution >= 4 is 0 Å². The average Bonchev–Trinajstić information content (AvgIpc) is 2.41. The van der Waals surface area contributed by atoms with E-state index in [9.17, 15) is 0 Å². The highest BCUT2D eigenvalue weighted by atomic mass is 16.5. The van der Waals surface area contributed by atoms with Crippen molar-refractivity contribution in [2.24, 2.45) is 11.7 Å². The van der Waals surface area contributed by atoms with Crippen LogP contribution in [0.5, 0.6) is 0 Å². The van der Waals surface area contributed by atoms with E-state index >= 15 is 0 Å². The maximum atomic E-state index is 6.45. The number of hydrogen-bond acceptors (Lipinski definition) is 4. The van der Waals surface area contributed by atoms with Crippen molar-refractivity contribution in [3.63, 3.8) is 0 Å². The number of nitrogens with zero attached hydrogens (tertiary/aromatic N) is 1. The standard InChI is InChI=1S/C15H30N2O2/c1-10-9-18-11(2)7-17(10)8-12-13(16)15(5,6)19-14(12,3)4/h10-13H,7-9,16H2,1-6H3. The van der Waals surface area contributed by atoms with Crippen LogP contribution >= 0.6 is 0 Å². The lowest BCUT2D eigenvalue weighted by molar-refractivity contribution is -0.0887. The van der Waals surface area contributed by atoms with Crippen LogP contribution in [0.4, 0.5) is 0 Å². The number of ether oxygens (including phenoxy) is 2. The van der Waals surface area contributed by atoms with Gasteiger partial charge in [-0.15, -0.1) is 0 Å². The van der Waals surface area contributed by atoms with Crippen LogP contribution in [0.25, 0.3) is 0 Å². The van der Waals surface area contributed by atoms with E-state index < -0.39 is 0 Å². The minimum absolute atomic E-state index is 0.0767. The van der Waals surface area contributed by atoms with Crippen LogP contribution in [-0.4, -0.2) is 54.0 Å². The summed E-state index contributed by atoms with van der Waals surface area (Å²) >= 11 is 0. The lowest BCUT2D eigenvalue weighted by Crippen LogP contribution is -2.54. The van der Waals surface area contributed by atoms with Gasteiger partial charge in [0.2, 0.25) is 0 Å². The molecule has 0 bridgehead atoms. The molecule has 0 aromatic carbocycles. The van der Waals surface area contributed by atoms with Crippen LogP contribution in [0.15, 0.2) is 0 Å². The molecule has 112 valence electrons. The molecule has 2 N–H and O–H groups in total. The van der Waals surface area contributed by atoms with E-state index in [4.69, 9.17) is 15.2 Å². The predicted octanol–water partition coefficient (Wildman–Crippen LogP) is 1.63. The van der Waals surface area contributed by atoms with Gasteiger partial charge >= 0.3 is 0 Å². The normalized spacial score (nSPS) is 42.5. The van der Waals surface area contributed by atoms with Crippen molar-refractivity contribution in [1.29, 1.82) is 0 Å². The summed E-state index contributed by atoms with van der Waals surface area (Å²) in [6.45, 7) is 15.7. The molecule has 2 rings (SSSR count). The Morgan fingerprint density at radius 3 is 2.32 bits per heavy atom. The zero-order valence-corrected chi connectivity index (χ0v) is 13.3. The third kappa shape index (κ3) is 2.97. The highest BCUT2D eigenvalue weighted by Crippen LogP contribution is 2.41. The van der Waals surface area contributed by atoms with Crippen LogP contribution in [0, 0.1) is 5.92 Å². The van der Waals surface area contributed by atoms with Crippen LogP contribution in [-0.2, 0) is 9.47 Å². The molecule has 0 spiro atoms. The Kier molecular flexibility index (Phi) is 4.00. The first-order valence-corrected chi connectivity index (χ1v) is 7.45.